The molecule has 6 heteroatoms. The summed E-state index contributed by atoms with van der Waals surface area (Å²) in [4.78, 5) is 19.0. The topological polar surface area (TPSA) is 95.3 Å². The number of fused-ring (bicyclic) bond motifs is 1. The lowest BCUT2D eigenvalue weighted by atomic mass is 10.2. The summed E-state index contributed by atoms with van der Waals surface area (Å²) in [5.74, 6) is 0. The zero-order valence-corrected chi connectivity index (χ0v) is 11.9. The Labute approximate surface area is 123 Å². The Morgan fingerprint density at radius 2 is 2.29 bits per heavy atom. The quantitative estimate of drug-likeness (QED) is 0.634. The average molecular weight is 285 g/mol. The molecule has 0 aliphatic carbocycles. The van der Waals surface area contributed by atoms with E-state index in [4.69, 9.17) is 5.73 Å². The SMILES string of the molecule is CCN=CC(=CN)CNC(=O)Nc1ccc2[nH]ccc2c1. The highest BCUT2D eigenvalue weighted by Crippen LogP contribution is 2.17. The molecular weight excluding hydrogens is 266 g/mol. The highest BCUT2D eigenvalue weighted by atomic mass is 16.2. The Bertz CT molecular complexity index is 672. The molecule has 0 aliphatic heterocycles. The number of aromatic amines is 1. The van der Waals surface area contributed by atoms with Crippen LogP contribution in [0.1, 0.15) is 6.92 Å². The molecular formula is C15H19N5O. The molecule has 0 spiro atoms. The van der Waals surface area contributed by atoms with Crippen molar-refractivity contribution in [3.8, 4) is 0 Å². The average Bonchev–Trinajstić information content (AvgIpc) is 2.95. The van der Waals surface area contributed by atoms with Crippen LogP contribution in [-0.2, 0) is 0 Å². The van der Waals surface area contributed by atoms with E-state index in [0.717, 1.165) is 22.2 Å². The van der Waals surface area contributed by atoms with E-state index >= 15 is 0 Å². The van der Waals surface area contributed by atoms with Gasteiger partial charge in [0.05, 0.1) is 0 Å². The second-order valence-electron chi connectivity index (χ2n) is 4.46. The molecule has 0 atom stereocenters. The zero-order valence-electron chi connectivity index (χ0n) is 11.9. The van der Waals surface area contributed by atoms with E-state index in [-0.39, 0.29) is 6.03 Å². The van der Waals surface area contributed by atoms with Crippen molar-refractivity contribution in [1.82, 2.24) is 10.3 Å². The van der Waals surface area contributed by atoms with Crippen molar-refractivity contribution < 1.29 is 4.79 Å². The van der Waals surface area contributed by atoms with E-state index in [1.165, 1.54) is 6.20 Å². The normalized spacial score (nSPS) is 12.0. The molecule has 0 radical (unpaired) electrons. The van der Waals surface area contributed by atoms with E-state index in [1.807, 2.05) is 37.4 Å². The maximum absolute atomic E-state index is 11.8. The van der Waals surface area contributed by atoms with E-state index in [9.17, 15) is 4.79 Å². The number of nitrogens with zero attached hydrogens (tertiary/aromatic N) is 1. The number of amides is 2. The Morgan fingerprint density at radius 1 is 1.43 bits per heavy atom. The van der Waals surface area contributed by atoms with Gasteiger partial charge < -0.3 is 21.4 Å². The molecule has 2 aromatic rings. The summed E-state index contributed by atoms with van der Waals surface area (Å²) < 4.78 is 0. The van der Waals surface area contributed by atoms with Crippen LogP contribution in [0.2, 0.25) is 0 Å². The molecule has 0 bridgehead atoms. The molecule has 1 aromatic heterocycles. The molecule has 1 aromatic carbocycles. The second kappa shape index (κ2) is 7.14. The summed E-state index contributed by atoms with van der Waals surface area (Å²) in [6.07, 6.45) is 4.96. The molecule has 0 unspecified atom stereocenters. The van der Waals surface area contributed by atoms with Gasteiger partial charge in [-0.1, -0.05) is 0 Å². The smallest absolute Gasteiger partial charge is 0.319 e. The zero-order chi connectivity index (χ0) is 15.1. The van der Waals surface area contributed by atoms with Gasteiger partial charge in [-0.25, -0.2) is 4.79 Å². The summed E-state index contributed by atoms with van der Waals surface area (Å²) >= 11 is 0. The summed E-state index contributed by atoms with van der Waals surface area (Å²) in [5.41, 5.74) is 8.00. The van der Waals surface area contributed by atoms with Crippen LogP contribution in [0.5, 0.6) is 0 Å². The minimum atomic E-state index is -0.283. The van der Waals surface area contributed by atoms with Gasteiger partial charge in [-0.3, -0.25) is 4.99 Å². The fourth-order valence-electron chi connectivity index (χ4n) is 1.84. The van der Waals surface area contributed by atoms with Crippen LogP contribution in [0.25, 0.3) is 10.9 Å². The van der Waals surface area contributed by atoms with Gasteiger partial charge in [-0.15, -0.1) is 0 Å². The van der Waals surface area contributed by atoms with Crippen LogP contribution in [0.4, 0.5) is 10.5 Å². The predicted molar refractivity (Wildman–Crippen MR) is 86.6 cm³/mol. The second-order valence-corrected chi connectivity index (χ2v) is 4.46. The maximum Gasteiger partial charge on any atom is 0.319 e. The highest BCUT2D eigenvalue weighted by molar-refractivity contribution is 5.93. The number of nitrogens with two attached hydrogens (primary N) is 1. The van der Waals surface area contributed by atoms with Gasteiger partial charge in [0.2, 0.25) is 0 Å². The molecule has 6 nitrogen and oxygen atoms in total. The fourth-order valence-corrected chi connectivity index (χ4v) is 1.84. The van der Waals surface area contributed by atoms with Crippen LogP contribution in [0, 0.1) is 0 Å². The Morgan fingerprint density at radius 3 is 3.05 bits per heavy atom. The lowest BCUT2D eigenvalue weighted by molar-refractivity contribution is 0.253. The molecule has 0 fully saturated rings. The number of hydrogen-bond donors (Lipinski definition) is 4. The van der Waals surface area contributed by atoms with Gasteiger partial charge in [-0.05, 0) is 31.2 Å². The van der Waals surface area contributed by atoms with Crippen LogP contribution < -0.4 is 16.4 Å². The molecule has 2 amide bonds. The van der Waals surface area contributed by atoms with Crippen molar-refractivity contribution in [1.29, 1.82) is 0 Å². The van der Waals surface area contributed by atoms with Crippen molar-refractivity contribution in [3.63, 3.8) is 0 Å². The number of H-pyrrole nitrogens is 1. The van der Waals surface area contributed by atoms with E-state index in [0.29, 0.717) is 13.1 Å². The van der Waals surface area contributed by atoms with Gasteiger partial charge in [0.1, 0.15) is 0 Å². The molecule has 5 N–H and O–H groups in total. The third-order valence-corrected chi connectivity index (χ3v) is 2.92. The number of rotatable bonds is 5. The predicted octanol–water partition coefficient (Wildman–Crippen LogP) is 2.22. The number of nitrogens with one attached hydrogen (secondary N) is 3. The van der Waals surface area contributed by atoms with E-state index < -0.39 is 0 Å². The monoisotopic (exact) mass is 285 g/mol. The summed E-state index contributed by atoms with van der Waals surface area (Å²) in [6.45, 7) is 2.94. The van der Waals surface area contributed by atoms with Crippen LogP contribution in [0.15, 0.2) is 47.2 Å². The number of benzene rings is 1. The Kier molecular flexibility index (Phi) is 4.98. The van der Waals surface area contributed by atoms with Gasteiger partial charge in [0, 0.05) is 53.9 Å². The molecule has 0 aliphatic rings. The van der Waals surface area contributed by atoms with Crippen molar-refractivity contribution in [2.24, 2.45) is 10.7 Å². The first-order valence-electron chi connectivity index (χ1n) is 6.75. The first-order chi connectivity index (χ1) is 10.2. The maximum atomic E-state index is 11.8. The summed E-state index contributed by atoms with van der Waals surface area (Å²) in [5, 5.41) is 6.57. The molecule has 0 saturated heterocycles. The Hall–Kier alpha value is -2.76. The number of carbonyl (C=O) groups is 1. The van der Waals surface area contributed by atoms with Crippen molar-refractivity contribution in [2.75, 3.05) is 18.4 Å². The molecule has 2 rings (SSSR count). The number of aliphatic imine (C=N–C) groups is 1. The molecule has 1 heterocycles. The molecule has 0 saturated carbocycles. The van der Waals surface area contributed by atoms with E-state index in [2.05, 4.69) is 20.6 Å². The van der Waals surface area contributed by atoms with Gasteiger partial charge in [0.15, 0.2) is 0 Å². The largest absolute Gasteiger partial charge is 0.404 e. The lowest BCUT2D eigenvalue weighted by Gasteiger charge is -2.08. The number of carbonyl (C=O) groups excluding carboxylic acids is 1. The number of aromatic nitrogens is 1. The third kappa shape index (κ3) is 4.10. The van der Waals surface area contributed by atoms with Crippen molar-refractivity contribution in [3.05, 3.63) is 42.2 Å². The lowest BCUT2D eigenvalue weighted by Crippen LogP contribution is -2.30. The standard InChI is InChI=1S/C15H19N5O/c1-2-17-9-11(8-16)10-19-15(21)20-13-3-4-14-12(7-13)5-6-18-14/h3-9,18H,2,10,16H2,1H3,(H2,19,20,21). The van der Waals surface area contributed by atoms with Crippen molar-refractivity contribution in [2.45, 2.75) is 6.92 Å². The van der Waals surface area contributed by atoms with E-state index in [1.54, 1.807) is 6.21 Å². The minimum absolute atomic E-state index is 0.283. The minimum Gasteiger partial charge on any atom is -0.404 e. The van der Waals surface area contributed by atoms with Gasteiger partial charge in [-0.2, -0.15) is 0 Å². The highest BCUT2D eigenvalue weighted by Gasteiger charge is 2.03. The Balaban J connectivity index is 1.90. The van der Waals surface area contributed by atoms with Crippen LogP contribution in [0.3, 0.4) is 0 Å². The van der Waals surface area contributed by atoms with Crippen molar-refractivity contribution >= 4 is 28.8 Å². The molecule has 110 valence electrons. The summed E-state index contributed by atoms with van der Waals surface area (Å²) in [6, 6.07) is 7.34. The van der Waals surface area contributed by atoms with Gasteiger partial charge in [0.25, 0.3) is 0 Å². The first kappa shape index (κ1) is 14.6. The molecule has 21 heavy (non-hydrogen) atoms. The fraction of sp³-hybridized carbons (Fsp3) is 0.200. The number of urea groups is 1. The first-order valence-corrected chi connectivity index (χ1v) is 6.75. The number of anilines is 1. The van der Waals surface area contributed by atoms with Crippen LogP contribution in [-0.4, -0.2) is 30.3 Å². The van der Waals surface area contributed by atoms with Gasteiger partial charge >= 0.3 is 6.03 Å². The van der Waals surface area contributed by atoms with Crippen LogP contribution >= 0.6 is 0 Å². The third-order valence-electron chi connectivity index (χ3n) is 2.92. The number of hydrogen-bond acceptors (Lipinski definition) is 3. The summed E-state index contributed by atoms with van der Waals surface area (Å²) in [7, 11) is 0.